The van der Waals surface area contributed by atoms with Gasteiger partial charge in [-0.3, -0.25) is 0 Å². The minimum atomic E-state index is -0.419. The van der Waals surface area contributed by atoms with Gasteiger partial charge in [-0.05, 0) is 25.1 Å². The van der Waals surface area contributed by atoms with Gasteiger partial charge in [0.1, 0.15) is 11.6 Å². The predicted octanol–water partition coefficient (Wildman–Crippen LogP) is 3.30. The first-order chi connectivity index (χ1) is 8.61. The number of nitrogens with zero attached hydrogens (tertiary/aromatic N) is 2. The standard InChI is InChI=1S/C11H10ClFN4S/c1-6-4-10-15-11(18-17(10)16-6)14-7-2-3-9(13)8(12)5-7/h2-5,11,14-15H,1H3/t11-/m0/s1. The molecule has 0 aliphatic carbocycles. The van der Waals surface area contributed by atoms with E-state index < -0.39 is 5.82 Å². The molecule has 1 aliphatic heterocycles. The number of aromatic nitrogens is 2. The van der Waals surface area contributed by atoms with Gasteiger partial charge in [-0.2, -0.15) is 9.19 Å². The maximum absolute atomic E-state index is 13.0. The van der Waals surface area contributed by atoms with Crippen LogP contribution in [0.5, 0.6) is 0 Å². The summed E-state index contributed by atoms with van der Waals surface area (Å²) in [7, 11) is 0. The number of aryl methyl sites for hydroxylation is 1. The van der Waals surface area contributed by atoms with Crippen LogP contribution in [0.2, 0.25) is 5.02 Å². The maximum atomic E-state index is 13.0. The Labute approximate surface area is 113 Å². The molecule has 0 spiro atoms. The minimum Gasteiger partial charge on any atom is -0.355 e. The van der Waals surface area contributed by atoms with Crippen LogP contribution >= 0.6 is 23.5 Å². The van der Waals surface area contributed by atoms with Gasteiger partial charge in [0.25, 0.3) is 0 Å². The Morgan fingerprint density at radius 1 is 1.50 bits per heavy atom. The molecule has 7 heteroatoms. The fraction of sp³-hybridized carbons (Fsp3) is 0.182. The van der Waals surface area contributed by atoms with Gasteiger partial charge < -0.3 is 10.6 Å². The van der Waals surface area contributed by atoms with Crippen molar-refractivity contribution in [2.75, 3.05) is 10.6 Å². The molecule has 94 valence electrons. The molecule has 0 amide bonds. The highest BCUT2D eigenvalue weighted by molar-refractivity contribution is 7.98. The molecule has 2 aromatic rings. The Hall–Kier alpha value is -1.40. The number of nitrogens with one attached hydrogen (secondary N) is 2. The molecular formula is C11H10ClFN4S. The fourth-order valence-electron chi connectivity index (χ4n) is 1.72. The maximum Gasteiger partial charge on any atom is 0.168 e. The highest BCUT2D eigenvalue weighted by Gasteiger charge is 2.22. The van der Waals surface area contributed by atoms with Gasteiger partial charge in [0.15, 0.2) is 5.50 Å². The van der Waals surface area contributed by atoms with Gasteiger partial charge in [-0.15, -0.1) is 0 Å². The molecule has 1 aromatic carbocycles. The highest BCUT2D eigenvalue weighted by Crippen LogP contribution is 2.31. The average molecular weight is 285 g/mol. The lowest BCUT2D eigenvalue weighted by Gasteiger charge is -2.13. The number of anilines is 2. The molecule has 0 unspecified atom stereocenters. The van der Waals surface area contributed by atoms with E-state index in [4.69, 9.17) is 11.6 Å². The van der Waals surface area contributed by atoms with Gasteiger partial charge in [0.05, 0.1) is 10.7 Å². The summed E-state index contributed by atoms with van der Waals surface area (Å²) in [5, 5.41) is 10.9. The topological polar surface area (TPSA) is 41.9 Å². The molecule has 1 aliphatic rings. The van der Waals surface area contributed by atoms with E-state index in [1.54, 1.807) is 12.1 Å². The van der Waals surface area contributed by atoms with Crippen molar-refractivity contribution < 1.29 is 4.39 Å². The quantitative estimate of drug-likeness (QED) is 0.888. The molecular weight excluding hydrogens is 275 g/mol. The van der Waals surface area contributed by atoms with Crippen molar-refractivity contribution in [2.24, 2.45) is 0 Å². The molecule has 1 aromatic heterocycles. The molecule has 2 N–H and O–H groups in total. The monoisotopic (exact) mass is 284 g/mol. The van der Waals surface area contributed by atoms with Gasteiger partial charge in [0.2, 0.25) is 0 Å². The SMILES string of the molecule is Cc1cc2n(n1)S[C@@H](Nc1ccc(F)c(Cl)c1)N2. The summed E-state index contributed by atoms with van der Waals surface area (Å²) >= 11 is 7.24. The number of fused-ring (bicyclic) bond motifs is 1. The first-order valence-corrected chi connectivity index (χ1v) is 6.55. The summed E-state index contributed by atoms with van der Waals surface area (Å²) in [6.45, 7) is 1.94. The lowest BCUT2D eigenvalue weighted by Crippen LogP contribution is -2.21. The van der Waals surface area contributed by atoms with Crippen LogP contribution in [0, 0.1) is 12.7 Å². The van der Waals surface area contributed by atoms with Crippen molar-refractivity contribution in [1.82, 2.24) is 9.19 Å². The third-order valence-electron chi connectivity index (χ3n) is 2.50. The van der Waals surface area contributed by atoms with Gasteiger partial charge in [-0.25, -0.2) is 4.39 Å². The van der Waals surface area contributed by atoms with Crippen LogP contribution in [0.4, 0.5) is 15.9 Å². The van der Waals surface area contributed by atoms with Crippen molar-refractivity contribution in [2.45, 2.75) is 12.4 Å². The van der Waals surface area contributed by atoms with E-state index in [0.717, 1.165) is 17.2 Å². The van der Waals surface area contributed by atoms with Crippen LogP contribution in [0.25, 0.3) is 0 Å². The average Bonchev–Trinajstić information content (AvgIpc) is 2.80. The Kier molecular flexibility index (Phi) is 2.83. The zero-order valence-corrected chi connectivity index (χ0v) is 11.0. The summed E-state index contributed by atoms with van der Waals surface area (Å²) < 4.78 is 14.8. The van der Waals surface area contributed by atoms with Crippen LogP contribution < -0.4 is 10.6 Å². The number of halogens is 2. The zero-order chi connectivity index (χ0) is 12.7. The Bertz CT molecular complexity index is 577. The molecule has 0 bridgehead atoms. The molecule has 4 nitrogen and oxygen atoms in total. The number of hydrogen-bond acceptors (Lipinski definition) is 4. The van der Waals surface area contributed by atoms with Crippen molar-refractivity contribution in [3.05, 3.63) is 40.8 Å². The smallest absolute Gasteiger partial charge is 0.168 e. The lowest BCUT2D eigenvalue weighted by atomic mass is 10.3. The molecule has 3 rings (SSSR count). The lowest BCUT2D eigenvalue weighted by molar-refractivity contribution is 0.628. The third-order valence-corrected chi connectivity index (χ3v) is 3.72. The van der Waals surface area contributed by atoms with Crippen molar-refractivity contribution in [1.29, 1.82) is 0 Å². The molecule has 0 saturated carbocycles. The molecule has 0 fully saturated rings. The second-order valence-corrected chi connectivity index (χ2v) is 5.38. The summed E-state index contributed by atoms with van der Waals surface area (Å²) in [5.41, 5.74) is 1.68. The van der Waals surface area contributed by atoms with Gasteiger partial charge in [-0.1, -0.05) is 11.6 Å². The van der Waals surface area contributed by atoms with E-state index in [0.29, 0.717) is 0 Å². The Morgan fingerprint density at radius 2 is 2.33 bits per heavy atom. The van der Waals surface area contributed by atoms with Gasteiger partial charge in [0, 0.05) is 23.7 Å². The van der Waals surface area contributed by atoms with Crippen molar-refractivity contribution in [3.8, 4) is 0 Å². The van der Waals surface area contributed by atoms with E-state index in [1.807, 2.05) is 17.1 Å². The summed E-state index contributed by atoms with van der Waals surface area (Å²) in [6.07, 6.45) is 0. The van der Waals surface area contributed by atoms with E-state index in [-0.39, 0.29) is 10.5 Å². The summed E-state index contributed by atoms with van der Waals surface area (Å²) in [4.78, 5) is 0. The number of benzene rings is 1. The minimum absolute atomic E-state index is 0.0466. The fourth-order valence-corrected chi connectivity index (χ4v) is 2.85. The number of rotatable bonds is 2. The Balaban J connectivity index is 1.72. The van der Waals surface area contributed by atoms with E-state index in [2.05, 4.69) is 15.7 Å². The molecule has 2 heterocycles. The largest absolute Gasteiger partial charge is 0.355 e. The zero-order valence-electron chi connectivity index (χ0n) is 9.45. The van der Waals surface area contributed by atoms with Crippen molar-refractivity contribution in [3.63, 3.8) is 0 Å². The van der Waals surface area contributed by atoms with Crippen molar-refractivity contribution >= 4 is 35.1 Å². The highest BCUT2D eigenvalue weighted by atomic mass is 35.5. The van der Waals surface area contributed by atoms with Crippen LogP contribution in [0.1, 0.15) is 5.69 Å². The van der Waals surface area contributed by atoms with Crippen LogP contribution in [0.3, 0.4) is 0 Å². The first-order valence-electron chi connectivity index (χ1n) is 5.34. The predicted molar refractivity (Wildman–Crippen MR) is 72.4 cm³/mol. The van der Waals surface area contributed by atoms with E-state index >= 15 is 0 Å². The second-order valence-electron chi connectivity index (χ2n) is 3.95. The normalized spacial score (nSPS) is 17.4. The van der Waals surface area contributed by atoms with Gasteiger partial charge >= 0.3 is 0 Å². The summed E-state index contributed by atoms with van der Waals surface area (Å²) in [6, 6.07) is 6.51. The second kappa shape index (κ2) is 4.37. The number of hydrogen-bond donors (Lipinski definition) is 2. The summed E-state index contributed by atoms with van der Waals surface area (Å²) in [5.74, 6) is 0.529. The van der Waals surface area contributed by atoms with Crippen LogP contribution in [-0.4, -0.2) is 14.7 Å². The molecule has 0 radical (unpaired) electrons. The van der Waals surface area contributed by atoms with E-state index in [9.17, 15) is 4.39 Å². The van der Waals surface area contributed by atoms with E-state index in [1.165, 1.54) is 18.0 Å². The Morgan fingerprint density at radius 3 is 3.06 bits per heavy atom. The molecule has 0 saturated heterocycles. The first kappa shape index (κ1) is 11.7. The van der Waals surface area contributed by atoms with Crippen LogP contribution in [-0.2, 0) is 0 Å². The van der Waals surface area contributed by atoms with Crippen LogP contribution in [0.15, 0.2) is 24.3 Å². The molecule has 1 atom stereocenters. The molecule has 18 heavy (non-hydrogen) atoms. The third kappa shape index (κ3) is 2.13.